The fraction of sp³-hybridized carbons (Fsp3) is 0.357. The number of aromatic amines is 1. The van der Waals surface area contributed by atoms with Crippen LogP contribution in [0.4, 0.5) is 0 Å². The Morgan fingerprint density at radius 2 is 2.00 bits per heavy atom. The fourth-order valence-electron chi connectivity index (χ4n) is 2.25. The number of nitrogens with zero attached hydrogens (tertiary/aromatic N) is 1. The van der Waals surface area contributed by atoms with Crippen LogP contribution in [-0.2, 0) is 0 Å². The van der Waals surface area contributed by atoms with E-state index in [9.17, 15) is 4.79 Å². The molecule has 0 radical (unpaired) electrons. The smallest absolute Gasteiger partial charge is 0.264 e. The highest BCUT2D eigenvalue weighted by atomic mass is 16.1. The maximum Gasteiger partial charge on any atom is 0.264 e. The van der Waals surface area contributed by atoms with Crippen LogP contribution >= 0.6 is 0 Å². The van der Waals surface area contributed by atoms with Gasteiger partial charge in [0.05, 0.1) is 5.69 Å². The van der Waals surface area contributed by atoms with E-state index in [-0.39, 0.29) is 5.56 Å². The second kappa shape index (κ2) is 3.62. The van der Waals surface area contributed by atoms with Gasteiger partial charge in [0.2, 0.25) is 0 Å². The summed E-state index contributed by atoms with van der Waals surface area (Å²) >= 11 is 0. The van der Waals surface area contributed by atoms with Crippen molar-refractivity contribution < 1.29 is 0 Å². The van der Waals surface area contributed by atoms with E-state index in [0.29, 0.717) is 5.92 Å². The van der Waals surface area contributed by atoms with Gasteiger partial charge in [0.1, 0.15) is 0 Å². The average molecular weight is 228 g/mol. The van der Waals surface area contributed by atoms with Crippen molar-refractivity contribution in [1.82, 2.24) is 9.78 Å². The second-order valence-electron chi connectivity index (χ2n) is 4.94. The van der Waals surface area contributed by atoms with Crippen LogP contribution in [0.25, 0.3) is 5.69 Å². The first kappa shape index (κ1) is 10.4. The molecule has 0 saturated heterocycles. The highest BCUT2D eigenvalue weighted by molar-refractivity contribution is 5.44. The predicted octanol–water partition coefficient (Wildman–Crippen LogP) is 2.66. The van der Waals surface area contributed by atoms with Crippen molar-refractivity contribution in [3.63, 3.8) is 0 Å². The zero-order valence-electron chi connectivity index (χ0n) is 10.2. The summed E-state index contributed by atoms with van der Waals surface area (Å²) < 4.78 is 1.96. The topological polar surface area (TPSA) is 37.8 Å². The lowest BCUT2D eigenvalue weighted by Crippen LogP contribution is -2.06. The number of H-pyrrole nitrogens is 1. The molecule has 1 heterocycles. The summed E-state index contributed by atoms with van der Waals surface area (Å²) in [6.45, 7) is 4.14. The molecular weight excluding hydrogens is 212 g/mol. The summed E-state index contributed by atoms with van der Waals surface area (Å²) in [5.41, 5.74) is 4.61. The van der Waals surface area contributed by atoms with Crippen molar-refractivity contribution >= 4 is 0 Å². The third kappa shape index (κ3) is 1.82. The van der Waals surface area contributed by atoms with Crippen LogP contribution in [-0.4, -0.2) is 9.78 Å². The Labute approximate surface area is 100 Å². The number of hydrogen-bond donors (Lipinski definition) is 1. The van der Waals surface area contributed by atoms with Gasteiger partial charge in [-0.2, -0.15) is 0 Å². The van der Waals surface area contributed by atoms with Crippen molar-refractivity contribution in [2.24, 2.45) is 0 Å². The molecule has 0 unspecified atom stereocenters. The zero-order valence-corrected chi connectivity index (χ0v) is 10.2. The summed E-state index contributed by atoms with van der Waals surface area (Å²) in [7, 11) is 0. The Hall–Kier alpha value is -1.77. The van der Waals surface area contributed by atoms with Crippen molar-refractivity contribution in [2.75, 3.05) is 0 Å². The van der Waals surface area contributed by atoms with Crippen molar-refractivity contribution in [3.05, 3.63) is 51.4 Å². The molecule has 2 aromatic rings. The standard InChI is InChI=1S/C14H16N2O/c1-9-3-4-10(2)12(7-9)16-13(11-5-6-11)8-14(17)15-16/h3-4,7-8,11H,5-6H2,1-2H3,(H,15,17). The lowest BCUT2D eigenvalue weighted by Gasteiger charge is -2.11. The minimum absolute atomic E-state index is 0.00666. The van der Waals surface area contributed by atoms with E-state index >= 15 is 0 Å². The largest absolute Gasteiger partial charge is 0.268 e. The van der Waals surface area contributed by atoms with Crippen molar-refractivity contribution in [2.45, 2.75) is 32.6 Å². The van der Waals surface area contributed by atoms with Gasteiger partial charge in [-0.15, -0.1) is 0 Å². The van der Waals surface area contributed by atoms with Gasteiger partial charge in [-0.25, -0.2) is 0 Å². The average Bonchev–Trinajstić information content (AvgIpc) is 3.06. The molecule has 1 aromatic heterocycles. The van der Waals surface area contributed by atoms with E-state index in [4.69, 9.17) is 0 Å². The van der Waals surface area contributed by atoms with Gasteiger partial charge in [0.25, 0.3) is 5.56 Å². The lowest BCUT2D eigenvalue weighted by atomic mass is 10.1. The highest BCUT2D eigenvalue weighted by Gasteiger charge is 2.28. The molecule has 17 heavy (non-hydrogen) atoms. The van der Waals surface area contributed by atoms with Gasteiger partial charge >= 0.3 is 0 Å². The zero-order chi connectivity index (χ0) is 12.0. The molecule has 1 aliphatic carbocycles. The molecule has 3 rings (SSSR count). The number of rotatable bonds is 2. The number of aromatic nitrogens is 2. The monoisotopic (exact) mass is 228 g/mol. The third-order valence-corrected chi connectivity index (χ3v) is 3.36. The molecule has 1 aromatic carbocycles. The molecule has 3 nitrogen and oxygen atoms in total. The highest BCUT2D eigenvalue weighted by Crippen LogP contribution is 2.40. The third-order valence-electron chi connectivity index (χ3n) is 3.36. The van der Waals surface area contributed by atoms with Crippen molar-refractivity contribution in [1.29, 1.82) is 0 Å². The van der Waals surface area contributed by atoms with E-state index < -0.39 is 0 Å². The molecule has 0 amide bonds. The van der Waals surface area contributed by atoms with Gasteiger partial charge < -0.3 is 0 Å². The molecule has 1 N–H and O–H groups in total. The number of benzene rings is 1. The first-order valence-corrected chi connectivity index (χ1v) is 6.05. The van der Waals surface area contributed by atoms with Gasteiger partial charge in [-0.05, 0) is 43.9 Å². The maximum atomic E-state index is 11.5. The summed E-state index contributed by atoms with van der Waals surface area (Å²) in [4.78, 5) is 11.5. The molecule has 1 saturated carbocycles. The summed E-state index contributed by atoms with van der Waals surface area (Å²) in [6.07, 6.45) is 2.39. The van der Waals surface area contributed by atoms with E-state index in [0.717, 1.165) is 11.4 Å². The molecule has 1 aliphatic rings. The Kier molecular flexibility index (Phi) is 2.21. The van der Waals surface area contributed by atoms with Gasteiger partial charge in [0.15, 0.2) is 0 Å². The number of aryl methyl sites for hydroxylation is 2. The minimum atomic E-state index is -0.00666. The van der Waals surface area contributed by atoms with E-state index in [1.165, 1.54) is 24.0 Å². The van der Waals surface area contributed by atoms with E-state index in [2.05, 4.69) is 37.1 Å². The molecule has 3 heteroatoms. The quantitative estimate of drug-likeness (QED) is 0.843. The molecule has 0 atom stereocenters. The van der Waals surface area contributed by atoms with Gasteiger partial charge in [0, 0.05) is 17.7 Å². The fourth-order valence-corrected chi connectivity index (χ4v) is 2.25. The minimum Gasteiger partial charge on any atom is -0.268 e. The van der Waals surface area contributed by atoms with E-state index in [1.807, 2.05) is 4.68 Å². The van der Waals surface area contributed by atoms with Crippen molar-refractivity contribution in [3.8, 4) is 5.69 Å². The number of hydrogen-bond acceptors (Lipinski definition) is 1. The van der Waals surface area contributed by atoms with Crippen LogP contribution in [0.5, 0.6) is 0 Å². The normalized spacial score (nSPS) is 15.2. The van der Waals surface area contributed by atoms with Crippen LogP contribution in [0.2, 0.25) is 0 Å². The van der Waals surface area contributed by atoms with Crippen LogP contribution < -0.4 is 5.56 Å². The summed E-state index contributed by atoms with van der Waals surface area (Å²) in [6, 6.07) is 8.05. The van der Waals surface area contributed by atoms with Gasteiger partial charge in [-0.3, -0.25) is 14.6 Å². The SMILES string of the molecule is Cc1ccc(C)c(-n2[nH]c(=O)cc2C2CC2)c1. The number of nitrogens with one attached hydrogen (secondary N) is 1. The first-order valence-electron chi connectivity index (χ1n) is 6.05. The van der Waals surface area contributed by atoms with Gasteiger partial charge in [-0.1, -0.05) is 12.1 Å². The molecule has 0 spiro atoms. The Morgan fingerprint density at radius 1 is 1.24 bits per heavy atom. The van der Waals surface area contributed by atoms with E-state index in [1.54, 1.807) is 6.07 Å². The van der Waals surface area contributed by atoms with Crippen LogP contribution in [0, 0.1) is 13.8 Å². The molecule has 0 bridgehead atoms. The van der Waals surface area contributed by atoms with Crippen LogP contribution in [0.15, 0.2) is 29.1 Å². The summed E-state index contributed by atoms with van der Waals surface area (Å²) in [5, 5.41) is 2.91. The van der Waals surface area contributed by atoms with Crippen LogP contribution in [0.3, 0.4) is 0 Å². The second-order valence-corrected chi connectivity index (χ2v) is 4.94. The Morgan fingerprint density at radius 3 is 2.71 bits per heavy atom. The molecule has 88 valence electrons. The first-order chi connectivity index (χ1) is 8.15. The lowest BCUT2D eigenvalue weighted by molar-refractivity contribution is 0.794. The Bertz CT molecular complexity index is 617. The molecule has 1 fully saturated rings. The molecular formula is C14H16N2O. The maximum absolute atomic E-state index is 11.5. The van der Waals surface area contributed by atoms with Crippen LogP contribution in [0.1, 0.15) is 35.6 Å². The Balaban J connectivity index is 2.20. The predicted molar refractivity (Wildman–Crippen MR) is 67.8 cm³/mol. The summed E-state index contributed by atoms with van der Waals surface area (Å²) in [5.74, 6) is 0.564. The molecule has 0 aliphatic heterocycles.